The predicted octanol–water partition coefficient (Wildman–Crippen LogP) is 1.73. The molecule has 1 rings (SSSR count). The molecule has 13 heavy (non-hydrogen) atoms. The van der Waals surface area contributed by atoms with E-state index in [1.807, 2.05) is 0 Å². The minimum absolute atomic E-state index is 0.179. The molecule has 0 bridgehead atoms. The Balaban J connectivity index is 2.78. The van der Waals surface area contributed by atoms with Crippen molar-refractivity contribution in [2.24, 2.45) is 5.73 Å². The summed E-state index contributed by atoms with van der Waals surface area (Å²) in [7, 11) is 0. The van der Waals surface area contributed by atoms with E-state index in [0.717, 1.165) is 0 Å². The summed E-state index contributed by atoms with van der Waals surface area (Å²) in [5.41, 5.74) is 8.08. The highest BCUT2D eigenvalue weighted by Gasteiger charge is 2.05. The maximum absolute atomic E-state index is 5.62. The summed E-state index contributed by atoms with van der Waals surface area (Å²) in [6.45, 7) is 6.27. The molecule has 1 aromatic carbocycles. The molecule has 3 N–H and O–H groups in total. The molecule has 1 aromatic rings. The standard InChI is InChI=1S/C11H16N2/c1-3-13-11(8-12)10-6-4-9(2)5-7-10/h3-7,11,13H,1,8,12H2,2H3. The van der Waals surface area contributed by atoms with Crippen LogP contribution in [0.15, 0.2) is 37.0 Å². The lowest BCUT2D eigenvalue weighted by molar-refractivity contribution is 0.634. The van der Waals surface area contributed by atoms with Gasteiger partial charge in [-0.05, 0) is 18.7 Å². The van der Waals surface area contributed by atoms with Crippen LogP contribution in [-0.2, 0) is 0 Å². The SMILES string of the molecule is C=CNC(CN)c1ccc(C)cc1. The maximum Gasteiger partial charge on any atom is 0.0630 e. The van der Waals surface area contributed by atoms with Crippen LogP contribution in [0.3, 0.4) is 0 Å². The molecule has 0 fully saturated rings. The number of hydrogen-bond acceptors (Lipinski definition) is 2. The van der Waals surface area contributed by atoms with E-state index < -0.39 is 0 Å². The average molecular weight is 176 g/mol. The van der Waals surface area contributed by atoms with Crippen molar-refractivity contribution in [2.75, 3.05) is 6.54 Å². The molecule has 1 atom stereocenters. The summed E-state index contributed by atoms with van der Waals surface area (Å²) >= 11 is 0. The third-order valence-corrected chi connectivity index (χ3v) is 2.03. The van der Waals surface area contributed by atoms with Gasteiger partial charge in [-0.25, -0.2) is 0 Å². The Hall–Kier alpha value is -1.28. The van der Waals surface area contributed by atoms with Crippen molar-refractivity contribution in [1.29, 1.82) is 0 Å². The lowest BCUT2D eigenvalue weighted by atomic mass is 10.1. The van der Waals surface area contributed by atoms with Crippen LogP contribution >= 0.6 is 0 Å². The molecule has 2 nitrogen and oxygen atoms in total. The molecule has 0 aliphatic heterocycles. The predicted molar refractivity (Wildman–Crippen MR) is 56.3 cm³/mol. The largest absolute Gasteiger partial charge is 0.383 e. The average Bonchev–Trinajstić information content (AvgIpc) is 2.16. The smallest absolute Gasteiger partial charge is 0.0630 e. The molecule has 0 spiro atoms. The molecule has 0 saturated carbocycles. The Labute approximate surface area is 79.5 Å². The Morgan fingerprint density at radius 2 is 2.08 bits per heavy atom. The van der Waals surface area contributed by atoms with Crippen LogP contribution in [0.25, 0.3) is 0 Å². The molecule has 0 aliphatic carbocycles. The van der Waals surface area contributed by atoms with Gasteiger partial charge in [-0.15, -0.1) is 0 Å². The number of nitrogens with two attached hydrogens (primary N) is 1. The van der Waals surface area contributed by atoms with Gasteiger partial charge in [0.1, 0.15) is 0 Å². The molecule has 0 saturated heterocycles. The van der Waals surface area contributed by atoms with E-state index in [-0.39, 0.29) is 6.04 Å². The summed E-state index contributed by atoms with van der Waals surface area (Å²) < 4.78 is 0. The van der Waals surface area contributed by atoms with Gasteiger partial charge in [-0.1, -0.05) is 36.4 Å². The zero-order valence-corrected chi connectivity index (χ0v) is 7.96. The number of hydrogen-bond donors (Lipinski definition) is 2. The Morgan fingerprint density at radius 1 is 1.46 bits per heavy atom. The highest BCUT2D eigenvalue weighted by Crippen LogP contribution is 2.12. The van der Waals surface area contributed by atoms with Crippen molar-refractivity contribution in [2.45, 2.75) is 13.0 Å². The van der Waals surface area contributed by atoms with Crippen LogP contribution in [0.1, 0.15) is 17.2 Å². The van der Waals surface area contributed by atoms with Crippen LogP contribution in [-0.4, -0.2) is 6.54 Å². The van der Waals surface area contributed by atoms with Gasteiger partial charge in [0.2, 0.25) is 0 Å². The van der Waals surface area contributed by atoms with E-state index in [1.165, 1.54) is 11.1 Å². The van der Waals surface area contributed by atoms with Crippen molar-refractivity contribution >= 4 is 0 Å². The number of benzene rings is 1. The third kappa shape index (κ3) is 2.60. The van der Waals surface area contributed by atoms with E-state index >= 15 is 0 Å². The van der Waals surface area contributed by atoms with Gasteiger partial charge in [0, 0.05) is 6.54 Å². The lowest BCUT2D eigenvalue weighted by Crippen LogP contribution is -2.23. The highest BCUT2D eigenvalue weighted by molar-refractivity contribution is 5.24. The van der Waals surface area contributed by atoms with E-state index in [2.05, 4.69) is 43.1 Å². The van der Waals surface area contributed by atoms with Gasteiger partial charge in [0.15, 0.2) is 0 Å². The molecular weight excluding hydrogens is 160 g/mol. The topological polar surface area (TPSA) is 38.0 Å². The van der Waals surface area contributed by atoms with Gasteiger partial charge >= 0.3 is 0 Å². The monoisotopic (exact) mass is 176 g/mol. The summed E-state index contributed by atoms with van der Waals surface area (Å²) in [6.07, 6.45) is 1.68. The molecule has 0 radical (unpaired) electrons. The minimum Gasteiger partial charge on any atom is -0.383 e. The quantitative estimate of drug-likeness (QED) is 0.733. The summed E-state index contributed by atoms with van der Waals surface area (Å²) in [6, 6.07) is 8.52. The van der Waals surface area contributed by atoms with Crippen molar-refractivity contribution in [3.05, 3.63) is 48.2 Å². The second kappa shape index (κ2) is 4.67. The Bertz CT molecular complexity index is 264. The first-order valence-corrected chi connectivity index (χ1v) is 4.41. The van der Waals surface area contributed by atoms with Crippen molar-refractivity contribution in [3.63, 3.8) is 0 Å². The number of nitrogens with one attached hydrogen (secondary N) is 1. The first-order valence-electron chi connectivity index (χ1n) is 4.41. The summed E-state index contributed by atoms with van der Waals surface area (Å²) in [5.74, 6) is 0. The zero-order chi connectivity index (χ0) is 9.68. The van der Waals surface area contributed by atoms with Gasteiger partial charge in [0.25, 0.3) is 0 Å². The second-order valence-corrected chi connectivity index (χ2v) is 3.07. The zero-order valence-electron chi connectivity index (χ0n) is 7.96. The molecule has 0 amide bonds. The van der Waals surface area contributed by atoms with Crippen LogP contribution in [0.4, 0.5) is 0 Å². The Morgan fingerprint density at radius 3 is 2.54 bits per heavy atom. The van der Waals surface area contributed by atoms with E-state index in [4.69, 9.17) is 5.73 Å². The van der Waals surface area contributed by atoms with Crippen molar-refractivity contribution in [3.8, 4) is 0 Å². The van der Waals surface area contributed by atoms with E-state index in [0.29, 0.717) is 6.54 Å². The molecule has 0 aromatic heterocycles. The van der Waals surface area contributed by atoms with Crippen LogP contribution in [0.5, 0.6) is 0 Å². The van der Waals surface area contributed by atoms with Gasteiger partial charge < -0.3 is 11.1 Å². The van der Waals surface area contributed by atoms with E-state index in [1.54, 1.807) is 6.20 Å². The molecule has 0 aliphatic rings. The van der Waals surface area contributed by atoms with Crippen molar-refractivity contribution < 1.29 is 0 Å². The van der Waals surface area contributed by atoms with Crippen LogP contribution in [0, 0.1) is 6.92 Å². The van der Waals surface area contributed by atoms with Crippen LogP contribution in [0.2, 0.25) is 0 Å². The number of rotatable bonds is 4. The van der Waals surface area contributed by atoms with Crippen molar-refractivity contribution in [1.82, 2.24) is 5.32 Å². The van der Waals surface area contributed by atoms with E-state index in [9.17, 15) is 0 Å². The molecule has 70 valence electrons. The van der Waals surface area contributed by atoms with Gasteiger partial charge in [-0.2, -0.15) is 0 Å². The Kier molecular flexibility index (Phi) is 3.53. The minimum atomic E-state index is 0.179. The lowest BCUT2D eigenvalue weighted by Gasteiger charge is -2.15. The third-order valence-electron chi connectivity index (χ3n) is 2.03. The van der Waals surface area contributed by atoms with Gasteiger partial charge in [0.05, 0.1) is 6.04 Å². The molecule has 0 heterocycles. The molecule has 1 unspecified atom stereocenters. The first kappa shape index (κ1) is 9.81. The molecular formula is C11H16N2. The van der Waals surface area contributed by atoms with Crippen LogP contribution < -0.4 is 11.1 Å². The normalized spacial score (nSPS) is 12.2. The summed E-state index contributed by atoms with van der Waals surface area (Å²) in [5, 5.41) is 3.11. The molecule has 2 heteroatoms. The summed E-state index contributed by atoms with van der Waals surface area (Å²) in [4.78, 5) is 0. The highest BCUT2D eigenvalue weighted by atomic mass is 14.9. The fraction of sp³-hybridized carbons (Fsp3) is 0.273. The fourth-order valence-corrected chi connectivity index (χ4v) is 1.24. The maximum atomic E-state index is 5.62. The second-order valence-electron chi connectivity index (χ2n) is 3.07. The first-order chi connectivity index (χ1) is 6.27. The number of aryl methyl sites for hydroxylation is 1. The van der Waals surface area contributed by atoms with Gasteiger partial charge in [-0.3, -0.25) is 0 Å². The fourth-order valence-electron chi connectivity index (χ4n) is 1.24.